The summed E-state index contributed by atoms with van der Waals surface area (Å²) in [6.45, 7) is 2.11. The summed E-state index contributed by atoms with van der Waals surface area (Å²) in [5.74, 6) is 1.52. The molecule has 1 aromatic rings. The van der Waals surface area contributed by atoms with E-state index >= 15 is 0 Å². The molecule has 0 aromatic heterocycles. The molecule has 0 spiro atoms. The van der Waals surface area contributed by atoms with E-state index in [-0.39, 0.29) is 0 Å². The van der Waals surface area contributed by atoms with Crippen molar-refractivity contribution in [2.24, 2.45) is 10.9 Å². The standard InChI is InChI=1S/C16H19NS/c1-2-3-13-4-6-14(7-5-13)15-8-10-16(11-9-15)17-12-18/h2-3,8-11,13-14H,4-7H2,1H3/b3-2+/t13-,14-. The fourth-order valence-electron chi connectivity index (χ4n) is 2.79. The van der Waals surface area contributed by atoms with Crippen molar-refractivity contribution in [2.45, 2.75) is 38.5 Å². The Morgan fingerprint density at radius 2 is 1.83 bits per heavy atom. The predicted octanol–water partition coefficient (Wildman–Crippen LogP) is 5.27. The predicted molar refractivity (Wildman–Crippen MR) is 80.6 cm³/mol. The second kappa shape index (κ2) is 6.63. The zero-order valence-electron chi connectivity index (χ0n) is 10.8. The van der Waals surface area contributed by atoms with Gasteiger partial charge < -0.3 is 0 Å². The Bertz CT molecular complexity index is 446. The normalized spacial score (nSPS) is 23.8. The summed E-state index contributed by atoms with van der Waals surface area (Å²) in [5.41, 5.74) is 2.34. The summed E-state index contributed by atoms with van der Waals surface area (Å²) in [6, 6.07) is 8.44. The first kappa shape index (κ1) is 13.2. The minimum absolute atomic E-state index is 0.719. The zero-order valence-corrected chi connectivity index (χ0v) is 11.6. The van der Waals surface area contributed by atoms with Gasteiger partial charge in [0.1, 0.15) is 0 Å². The lowest BCUT2D eigenvalue weighted by Crippen LogP contribution is -2.11. The fourth-order valence-corrected chi connectivity index (χ4v) is 2.90. The van der Waals surface area contributed by atoms with Crippen molar-refractivity contribution in [1.29, 1.82) is 0 Å². The Morgan fingerprint density at radius 1 is 1.17 bits per heavy atom. The lowest BCUT2D eigenvalue weighted by Gasteiger charge is -2.27. The van der Waals surface area contributed by atoms with Gasteiger partial charge in [-0.05, 0) is 74.4 Å². The van der Waals surface area contributed by atoms with Crippen LogP contribution in [0.1, 0.15) is 44.1 Å². The molecule has 1 fully saturated rings. The van der Waals surface area contributed by atoms with E-state index in [9.17, 15) is 0 Å². The van der Waals surface area contributed by atoms with Gasteiger partial charge in [-0.25, -0.2) is 0 Å². The van der Waals surface area contributed by atoms with Crippen LogP contribution in [0.3, 0.4) is 0 Å². The van der Waals surface area contributed by atoms with E-state index in [2.05, 4.69) is 53.6 Å². The molecule has 0 N–H and O–H groups in total. The molecule has 18 heavy (non-hydrogen) atoms. The van der Waals surface area contributed by atoms with Crippen molar-refractivity contribution in [3.63, 3.8) is 0 Å². The Hall–Kier alpha value is -1.24. The Balaban J connectivity index is 1.99. The Kier molecular flexibility index (Phi) is 4.86. The molecule has 1 aliphatic carbocycles. The van der Waals surface area contributed by atoms with Crippen LogP contribution in [0.2, 0.25) is 0 Å². The highest BCUT2D eigenvalue weighted by Crippen LogP contribution is 2.36. The second-order valence-electron chi connectivity index (χ2n) is 4.93. The van der Waals surface area contributed by atoms with Gasteiger partial charge >= 0.3 is 0 Å². The highest BCUT2D eigenvalue weighted by molar-refractivity contribution is 7.78. The van der Waals surface area contributed by atoms with Crippen LogP contribution in [0.4, 0.5) is 5.69 Å². The summed E-state index contributed by atoms with van der Waals surface area (Å²) >= 11 is 4.61. The number of hydrogen-bond acceptors (Lipinski definition) is 2. The largest absolute Gasteiger partial charge is 0.195 e. The molecule has 0 aliphatic heterocycles. The van der Waals surface area contributed by atoms with E-state index in [0.717, 1.165) is 17.5 Å². The minimum Gasteiger partial charge on any atom is -0.195 e. The number of rotatable bonds is 3. The number of allylic oxidation sites excluding steroid dienone is 2. The molecule has 0 unspecified atom stereocenters. The average Bonchev–Trinajstić information content (AvgIpc) is 2.41. The molecule has 0 atom stereocenters. The number of nitrogens with zero attached hydrogens (tertiary/aromatic N) is 1. The SMILES string of the molecule is C/C=C/[C@H]1CC[C@H](c2ccc(N=C=S)cc2)CC1. The van der Waals surface area contributed by atoms with Crippen LogP contribution in [-0.4, -0.2) is 5.16 Å². The van der Waals surface area contributed by atoms with Crippen LogP contribution in [0.15, 0.2) is 41.4 Å². The number of thiocarbonyl (C=S) groups is 1. The molecule has 1 saturated carbocycles. The number of benzene rings is 1. The smallest absolute Gasteiger partial charge is 0.0739 e. The third-order valence-corrected chi connectivity index (χ3v) is 3.87. The fraction of sp³-hybridized carbons (Fsp3) is 0.438. The van der Waals surface area contributed by atoms with E-state index in [1.807, 2.05) is 12.1 Å². The van der Waals surface area contributed by atoms with Crippen molar-refractivity contribution in [3.05, 3.63) is 42.0 Å². The summed E-state index contributed by atoms with van der Waals surface area (Å²) in [7, 11) is 0. The monoisotopic (exact) mass is 257 g/mol. The van der Waals surface area contributed by atoms with Gasteiger partial charge in [0.15, 0.2) is 0 Å². The number of isothiocyanates is 1. The van der Waals surface area contributed by atoms with Gasteiger partial charge in [-0.2, -0.15) is 4.99 Å². The molecular weight excluding hydrogens is 238 g/mol. The Labute approximate surface area is 115 Å². The van der Waals surface area contributed by atoms with Crippen LogP contribution < -0.4 is 0 Å². The number of hydrogen-bond donors (Lipinski definition) is 0. The molecule has 0 bridgehead atoms. The summed E-state index contributed by atoms with van der Waals surface area (Å²) in [5, 5.41) is 2.40. The quantitative estimate of drug-likeness (QED) is 0.408. The van der Waals surface area contributed by atoms with Crippen LogP contribution in [0, 0.1) is 5.92 Å². The van der Waals surface area contributed by atoms with Gasteiger partial charge in [0, 0.05) is 0 Å². The highest BCUT2D eigenvalue weighted by Gasteiger charge is 2.20. The maximum atomic E-state index is 4.61. The second-order valence-corrected chi connectivity index (χ2v) is 5.11. The van der Waals surface area contributed by atoms with Gasteiger partial charge in [-0.1, -0.05) is 24.3 Å². The van der Waals surface area contributed by atoms with E-state index in [1.54, 1.807) is 0 Å². The lowest BCUT2D eigenvalue weighted by molar-refractivity contribution is 0.376. The topological polar surface area (TPSA) is 12.4 Å². The molecular formula is C16H19NS. The van der Waals surface area contributed by atoms with Crippen molar-refractivity contribution in [3.8, 4) is 0 Å². The van der Waals surface area contributed by atoms with E-state index in [0.29, 0.717) is 0 Å². The zero-order chi connectivity index (χ0) is 12.8. The molecule has 2 heteroatoms. The van der Waals surface area contributed by atoms with Crippen molar-refractivity contribution in [2.75, 3.05) is 0 Å². The van der Waals surface area contributed by atoms with Crippen LogP contribution in [-0.2, 0) is 0 Å². The third-order valence-electron chi connectivity index (χ3n) is 3.78. The minimum atomic E-state index is 0.719. The van der Waals surface area contributed by atoms with Gasteiger partial charge in [-0.3, -0.25) is 0 Å². The highest BCUT2D eigenvalue weighted by atomic mass is 32.1. The van der Waals surface area contributed by atoms with E-state index in [1.165, 1.54) is 31.2 Å². The van der Waals surface area contributed by atoms with Crippen LogP contribution in [0.25, 0.3) is 0 Å². The average molecular weight is 257 g/mol. The van der Waals surface area contributed by atoms with E-state index in [4.69, 9.17) is 0 Å². The van der Waals surface area contributed by atoms with Gasteiger partial charge in [0.2, 0.25) is 0 Å². The van der Waals surface area contributed by atoms with Crippen molar-refractivity contribution >= 4 is 23.1 Å². The molecule has 1 nitrogen and oxygen atoms in total. The summed E-state index contributed by atoms with van der Waals surface area (Å²) in [6.07, 6.45) is 9.76. The first-order valence-electron chi connectivity index (χ1n) is 6.64. The maximum Gasteiger partial charge on any atom is 0.0739 e. The van der Waals surface area contributed by atoms with Gasteiger partial charge in [0.25, 0.3) is 0 Å². The first-order valence-corrected chi connectivity index (χ1v) is 7.05. The molecule has 0 heterocycles. The Morgan fingerprint density at radius 3 is 2.39 bits per heavy atom. The molecule has 1 aliphatic rings. The van der Waals surface area contributed by atoms with Crippen molar-refractivity contribution < 1.29 is 0 Å². The molecule has 0 saturated heterocycles. The first-order chi connectivity index (χ1) is 8.83. The maximum absolute atomic E-state index is 4.61. The summed E-state index contributed by atoms with van der Waals surface area (Å²) in [4.78, 5) is 3.98. The third kappa shape index (κ3) is 3.38. The number of aliphatic imine (C=N–C) groups is 1. The molecule has 1 aromatic carbocycles. The molecule has 2 rings (SSSR count). The molecule has 0 amide bonds. The molecule has 94 valence electrons. The lowest BCUT2D eigenvalue weighted by atomic mass is 9.78. The van der Waals surface area contributed by atoms with Gasteiger partial charge in [-0.15, -0.1) is 0 Å². The summed E-state index contributed by atoms with van der Waals surface area (Å²) < 4.78 is 0. The molecule has 0 radical (unpaired) electrons. The van der Waals surface area contributed by atoms with E-state index < -0.39 is 0 Å². The van der Waals surface area contributed by atoms with Crippen LogP contribution in [0.5, 0.6) is 0 Å². The van der Waals surface area contributed by atoms with Gasteiger partial charge in [0.05, 0.1) is 10.8 Å². The van der Waals surface area contributed by atoms with Crippen LogP contribution >= 0.6 is 12.2 Å². The van der Waals surface area contributed by atoms with Crippen molar-refractivity contribution in [1.82, 2.24) is 0 Å².